The van der Waals surface area contributed by atoms with Gasteiger partial charge in [0.25, 0.3) is 0 Å². The van der Waals surface area contributed by atoms with Crippen molar-refractivity contribution in [1.29, 1.82) is 0 Å². The second-order valence-electron chi connectivity index (χ2n) is 6.45. The molecule has 27 heavy (non-hydrogen) atoms. The highest BCUT2D eigenvalue weighted by Crippen LogP contribution is 2.37. The first-order chi connectivity index (χ1) is 13.3. The standard InChI is InChI=1S/C21H16ClN3O2/c22-17-4-2-1-3-15(17)14-8-16-18(9-14)24-11-25-21(16)23-10-13-5-6-19-20(7-13)27-12-26-19/h1-7,9,11H,8,10,12H2,(H,23,24,25). The maximum absolute atomic E-state index is 6.36. The Kier molecular flexibility index (Phi) is 3.94. The molecule has 0 fully saturated rings. The number of ether oxygens (including phenoxy) is 2. The maximum Gasteiger partial charge on any atom is 0.231 e. The predicted molar refractivity (Wildman–Crippen MR) is 105 cm³/mol. The van der Waals surface area contributed by atoms with E-state index in [1.54, 1.807) is 6.33 Å². The van der Waals surface area contributed by atoms with Crippen molar-refractivity contribution in [2.24, 2.45) is 0 Å². The van der Waals surface area contributed by atoms with Crippen LogP contribution in [0, 0.1) is 0 Å². The van der Waals surface area contributed by atoms with Crippen LogP contribution in [0.3, 0.4) is 0 Å². The average Bonchev–Trinajstić information content (AvgIpc) is 3.33. The molecule has 2 heterocycles. The summed E-state index contributed by atoms with van der Waals surface area (Å²) >= 11 is 6.36. The summed E-state index contributed by atoms with van der Waals surface area (Å²) in [5.74, 6) is 2.41. The van der Waals surface area contributed by atoms with Crippen LogP contribution in [0.4, 0.5) is 5.82 Å². The van der Waals surface area contributed by atoms with Crippen molar-refractivity contribution in [3.63, 3.8) is 0 Å². The number of aromatic nitrogens is 2. The van der Waals surface area contributed by atoms with Gasteiger partial charge in [0.1, 0.15) is 12.1 Å². The highest BCUT2D eigenvalue weighted by molar-refractivity contribution is 6.32. The molecule has 0 unspecified atom stereocenters. The molecule has 0 radical (unpaired) electrons. The SMILES string of the molecule is Clc1ccccc1C1=Cc2ncnc(NCc3ccc4c(c3)OCO4)c2C1. The minimum atomic E-state index is 0.280. The summed E-state index contributed by atoms with van der Waals surface area (Å²) in [7, 11) is 0. The Bertz CT molecular complexity index is 1070. The molecular weight excluding hydrogens is 362 g/mol. The molecule has 0 saturated carbocycles. The molecule has 6 heteroatoms. The Morgan fingerprint density at radius 2 is 1.93 bits per heavy atom. The van der Waals surface area contributed by atoms with E-state index in [0.717, 1.165) is 56.7 Å². The minimum Gasteiger partial charge on any atom is -0.454 e. The summed E-state index contributed by atoms with van der Waals surface area (Å²) < 4.78 is 10.8. The third-order valence-corrected chi connectivity index (χ3v) is 5.10. The van der Waals surface area contributed by atoms with Gasteiger partial charge in [-0.05, 0) is 41.0 Å². The largest absolute Gasteiger partial charge is 0.454 e. The fraction of sp³-hybridized carbons (Fsp3) is 0.143. The molecule has 3 aromatic rings. The zero-order valence-electron chi connectivity index (χ0n) is 14.4. The van der Waals surface area contributed by atoms with Crippen LogP contribution in [-0.2, 0) is 13.0 Å². The maximum atomic E-state index is 6.36. The second-order valence-corrected chi connectivity index (χ2v) is 6.86. The number of allylic oxidation sites excluding steroid dienone is 1. The number of nitrogens with zero attached hydrogens (tertiary/aromatic N) is 2. The fourth-order valence-electron chi connectivity index (χ4n) is 3.41. The summed E-state index contributed by atoms with van der Waals surface area (Å²) in [6, 6.07) is 13.8. The normalized spacial score (nSPS) is 14.0. The molecule has 2 aliphatic rings. The molecule has 0 bridgehead atoms. The smallest absolute Gasteiger partial charge is 0.231 e. The van der Waals surface area contributed by atoms with E-state index in [4.69, 9.17) is 21.1 Å². The Morgan fingerprint density at radius 3 is 2.85 bits per heavy atom. The lowest BCUT2D eigenvalue weighted by molar-refractivity contribution is 0.174. The first-order valence-electron chi connectivity index (χ1n) is 8.70. The summed E-state index contributed by atoms with van der Waals surface area (Å²) in [6.07, 6.45) is 4.43. The molecule has 1 aliphatic heterocycles. The quantitative estimate of drug-likeness (QED) is 0.721. The van der Waals surface area contributed by atoms with Gasteiger partial charge in [0.15, 0.2) is 11.5 Å². The molecule has 0 saturated heterocycles. The number of hydrogen-bond donors (Lipinski definition) is 1. The van der Waals surface area contributed by atoms with Crippen molar-refractivity contribution in [2.45, 2.75) is 13.0 Å². The van der Waals surface area contributed by atoms with Crippen LogP contribution in [0.2, 0.25) is 5.02 Å². The zero-order chi connectivity index (χ0) is 18.2. The summed E-state index contributed by atoms with van der Waals surface area (Å²) in [6.45, 7) is 0.920. The van der Waals surface area contributed by atoms with Crippen molar-refractivity contribution in [3.8, 4) is 11.5 Å². The zero-order valence-corrected chi connectivity index (χ0v) is 15.2. The van der Waals surface area contributed by atoms with Crippen LogP contribution in [-0.4, -0.2) is 16.8 Å². The van der Waals surface area contributed by atoms with Crippen molar-refractivity contribution < 1.29 is 9.47 Å². The van der Waals surface area contributed by atoms with Crippen LogP contribution >= 0.6 is 11.6 Å². The number of rotatable bonds is 4. The van der Waals surface area contributed by atoms with Crippen LogP contribution in [0.15, 0.2) is 48.8 Å². The van der Waals surface area contributed by atoms with Gasteiger partial charge in [0.2, 0.25) is 6.79 Å². The molecule has 1 aromatic heterocycles. The van der Waals surface area contributed by atoms with E-state index in [9.17, 15) is 0 Å². The summed E-state index contributed by atoms with van der Waals surface area (Å²) in [5.41, 5.74) is 5.33. The molecule has 2 aromatic carbocycles. The van der Waals surface area contributed by atoms with Crippen molar-refractivity contribution >= 4 is 29.1 Å². The highest BCUT2D eigenvalue weighted by Gasteiger charge is 2.21. The van der Waals surface area contributed by atoms with Gasteiger partial charge in [-0.3, -0.25) is 0 Å². The van der Waals surface area contributed by atoms with Crippen LogP contribution in [0.1, 0.15) is 22.4 Å². The number of anilines is 1. The summed E-state index contributed by atoms with van der Waals surface area (Å²) in [4.78, 5) is 8.86. The van der Waals surface area contributed by atoms with Gasteiger partial charge in [-0.2, -0.15) is 0 Å². The second kappa shape index (κ2) is 6.59. The molecule has 0 atom stereocenters. The number of nitrogens with one attached hydrogen (secondary N) is 1. The van der Waals surface area contributed by atoms with E-state index in [0.29, 0.717) is 6.54 Å². The number of halogens is 1. The lowest BCUT2D eigenvalue weighted by Crippen LogP contribution is -2.05. The molecule has 0 spiro atoms. The topological polar surface area (TPSA) is 56.3 Å². The molecule has 134 valence electrons. The van der Waals surface area contributed by atoms with Gasteiger partial charge in [-0.25, -0.2) is 9.97 Å². The first-order valence-corrected chi connectivity index (χ1v) is 9.07. The van der Waals surface area contributed by atoms with Gasteiger partial charge >= 0.3 is 0 Å². The van der Waals surface area contributed by atoms with Crippen LogP contribution in [0.25, 0.3) is 11.6 Å². The molecule has 5 rings (SSSR count). The van der Waals surface area contributed by atoms with Crippen LogP contribution in [0.5, 0.6) is 11.5 Å². The van der Waals surface area contributed by atoms with Crippen molar-refractivity contribution in [1.82, 2.24) is 9.97 Å². The fourth-order valence-corrected chi connectivity index (χ4v) is 3.67. The highest BCUT2D eigenvalue weighted by atomic mass is 35.5. The molecule has 5 nitrogen and oxygen atoms in total. The van der Waals surface area contributed by atoms with Gasteiger partial charge in [-0.15, -0.1) is 0 Å². The van der Waals surface area contributed by atoms with Crippen LogP contribution < -0.4 is 14.8 Å². The predicted octanol–water partition coefficient (Wildman–Crippen LogP) is 4.57. The Hall–Kier alpha value is -3.05. The molecule has 1 N–H and O–H groups in total. The third-order valence-electron chi connectivity index (χ3n) is 4.77. The minimum absolute atomic E-state index is 0.280. The van der Waals surface area contributed by atoms with E-state index in [-0.39, 0.29) is 6.79 Å². The van der Waals surface area contributed by atoms with Crippen molar-refractivity contribution in [2.75, 3.05) is 12.1 Å². The third kappa shape index (κ3) is 3.00. The lowest BCUT2D eigenvalue weighted by atomic mass is 10.0. The summed E-state index contributed by atoms with van der Waals surface area (Å²) in [5, 5.41) is 4.17. The van der Waals surface area contributed by atoms with E-state index in [2.05, 4.69) is 21.4 Å². The van der Waals surface area contributed by atoms with Gasteiger partial charge in [-0.1, -0.05) is 35.9 Å². The molecular formula is C21H16ClN3O2. The van der Waals surface area contributed by atoms with E-state index >= 15 is 0 Å². The van der Waals surface area contributed by atoms with Crippen molar-refractivity contribution in [3.05, 3.63) is 76.2 Å². The van der Waals surface area contributed by atoms with E-state index < -0.39 is 0 Å². The average molecular weight is 378 g/mol. The Labute approximate surface area is 161 Å². The first kappa shape index (κ1) is 16.1. The van der Waals surface area contributed by atoms with Gasteiger partial charge in [0.05, 0.1) is 5.69 Å². The number of hydrogen-bond acceptors (Lipinski definition) is 5. The molecule has 0 amide bonds. The number of fused-ring (bicyclic) bond motifs is 2. The van der Waals surface area contributed by atoms with Gasteiger partial charge in [0, 0.05) is 23.6 Å². The van der Waals surface area contributed by atoms with E-state index in [1.807, 2.05) is 42.5 Å². The Balaban J connectivity index is 1.36. The van der Waals surface area contributed by atoms with E-state index in [1.165, 1.54) is 0 Å². The number of benzene rings is 2. The molecule has 1 aliphatic carbocycles. The Morgan fingerprint density at radius 1 is 1.04 bits per heavy atom. The van der Waals surface area contributed by atoms with Gasteiger partial charge < -0.3 is 14.8 Å². The monoisotopic (exact) mass is 377 g/mol. The lowest BCUT2D eigenvalue weighted by Gasteiger charge is -2.11.